The molecule has 1 saturated heterocycles. The van der Waals surface area contributed by atoms with Gasteiger partial charge in [-0.2, -0.15) is 4.31 Å². The van der Waals surface area contributed by atoms with Crippen molar-refractivity contribution in [2.24, 2.45) is 0 Å². The first-order valence-corrected chi connectivity index (χ1v) is 10.2. The number of hydrogen-bond acceptors (Lipinski definition) is 5. The second kappa shape index (κ2) is 7.75. The molecule has 1 aromatic heterocycles. The fourth-order valence-corrected chi connectivity index (χ4v) is 4.64. The zero-order valence-electron chi connectivity index (χ0n) is 14.9. The van der Waals surface area contributed by atoms with Crippen LogP contribution < -0.4 is 0 Å². The Labute approximate surface area is 162 Å². The molecule has 1 unspecified atom stereocenters. The number of halogens is 1. The minimum Gasteiger partial charge on any atom is -0.369 e. The van der Waals surface area contributed by atoms with Crippen LogP contribution in [0.2, 0.25) is 0 Å². The molecule has 0 aliphatic carbocycles. The van der Waals surface area contributed by atoms with Gasteiger partial charge >= 0.3 is 0 Å². The zero-order chi connectivity index (χ0) is 19.6. The third kappa shape index (κ3) is 3.66. The van der Waals surface area contributed by atoms with Gasteiger partial charge in [-0.1, -0.05) is 30.3 Å². The third-order valence-corrected chi connectivity index (χ3v) is 6.42. The summed E-state index contributed by atoms with van der Waals surface area (Å²) in [6, 6.07) is 14.3. The Kier molecular flexibility index (Phi) is 5.17. The van der Waals surface area contributed by atoms with E-state index in [4.69, 9.17) is 4.74 Å². The highest BCUT2D eigenvalue weighted by Gasteiger charge is 2.33. The predicted octanol–water partition coefficient (Wildman–Crippen LogP) is 3.04. The van der Waals surface area contributed by atoms with Crippen LogP contribution in [-0.4, -0.2) is 42.4 Å². The van der Waals surface area contributed by atoms with Crippen molar-refractivity contribution in [2.75, 3.05) is 19.7 Å². The summed E-state index contributed by atoms with van der Waals surface area (Å²) in [7, 11) is -3.64. The average molecular weight is 399 g/mol. The molecule has 0 radical (unpaired) electrons. The van der Waals surface area contributed by atoms with Crippen molar-refractivity contribution in [3.63, 3.8) is 0 Å². The standard InChI is InChI=1S/C20H18FN3O3S/c21-16-6-4-5-15(13-16)19-20(23-10-9-22-19)18-14-24(11-12-27-18)28(25,26)17-7-2-1-3-8-17/h1-10,13,18H,11-12,14H2. The number of sulfonamides is 1. The highest BCUT2D eigenvalue weighted by molar-refractivity contribution is 7.89. The number of hydrogen-bond donors (Lipinski definition) is 0. The highest BCUT2D eigenvalue weighted by Crippen LogP contribution is 2.31. The number of aromatic nitrogens is 2. The van der Waals surface area contributed by atoms with E-state index >= 15 is 0 Å². The van der Waals surface area contributed by atoms with Gasteiger partial charge in [0.2, 0.25) is 10.0 Å². The molecule has 1 aliphatic heterocycles. The van der Waals surface area contributed by atoms with Crippen LogP contribution in [0.3, 0.4) is 0 Å². The monoisotopic (exact) mass is 399 g/mol. The lowest BCUT2D eigenvalue weighted by atomic mass is 10.1. The van der Waals surface area contributed by atoms with Crippen molar-refractivity contribution in [3.05, 3.63) is 78.5 Å². The van der Waals surface area contributed by atoms with Gasteiger partial charge < -0.3 is 4.74 Å². The molecular weight excluding hydrogens is 381 g/mol. The van der Waals surface area contributed by atoms with E-state index in [-0.39, 0.29) is 30.4 Å². The van der Waals surface area contributed by atoms with Gasteiger partial charge in [-0.25, -0.2) is 12.8 Å². The van der Waals surface area contributed by atoms with Gasteiger partial charge in [0.1, 0.15) is 11.9 Å². The minimum absolute atomic E-state index is 0.109. The quantitative estimate of drug-likeness (QED) is 0.674. The molecular formula is C20H18FN3O3S. The van der Waals surface area contributed by atoms with E-state index in [2.05, 4.69) is 9.97 Å². The molecule has 144 valence electrons. The van der Waals surface area contributed by atoms with E-state index in [0.29, 0.717) is 17.0 Å². The molecule has 1 fully saturated rings. The maximum atomic E-state index is 13.7. The van der Waals surface area contributed by atoms with Gasteiger partial charge in [0.15, 0.2) is 0 Å². The molecule has 3 aromatic rings. The summed E-state index contributed by atoms with van der Waals surface area (Å²) in [4.78, 5) is 8.94. The predicted molar refractivity (Wildman–Crippen MR) is 101 cm³/mol. The Morgan fingerprint density at radius 3 is 2.61 bits per heavy atom. The normalized spacial score (nSPS) is 18.1. The molecule has 0 saturated carbocycles. The lowest BCUT2D eigenvalue weighted by Gasteiger charge is -2.32. The molecule has 28 heavy (non-hydrogen) atoms. The molecule has 0 spiro atoms. The van der Waals surface area contributed by atoms with E-state index in [1.165, 1.54) is 28.8 Å². The minimum atomic E-state index is -3.64. The topological polar surface area (TPSA) is 72.4 Å². The first kappa shape index (κ1) is 18.7. The number of benzene rings is 2. The number of rotatable bonds is 4. The lowest BCUT2D eigenvalue weighted by molar-refractivity contribution is -0.00477. The van der Waals surface area contributed by atoms with Crippen molar-refractivity contribution >= 4 is 10.0 Å². The van der Waals surface area contributed by atoms with Crippen LogP contribution >= 0.6 is 0 Å². The van der Waals surface area contributed by atoms with E-state index in [1.54, 1.807) is 42.5 Å². The summed E-state index contributed by atoms with van der Waals surface area (Å²) in [6.45, 7) is 0.595. The van der Waals surface area contributed by atoms with Gasteiger partial charge in [-0.05, 0) is 24.3 Å². The summed E-state index contributed by atoms with van der Waals surface area (Å²) in [6.07, 6.45) is 2.44. The highest BCUT2D eigenvalue weighted by atomic mass is 32.2. The lowest BCUT2D eigenvalue weighted by Crippen LogP contribution is -2.42. The maximum Gasteiger partial charge on any atom is 0.243 e. The average Bonchev–Trinajstić information content (AvgIpc) is 2.74. The fourth-order valence-electron chi connectivity index (χ4n) is 3.19. The van der Waals surface area contributed by atoms with Crippen molar-refractivity contribution in [1.29, 1.82) is 0 Å². The van der Waals surface area contributed by atoms with E-state index in [0.717, 1.165) is 0 Å². The summed E-state index contributed by atoms with van der Waals surface area (Å²) in [5.41, 5.74) is 1.53. The van der Waals surface area contributed by atoms with Crippen molar-refractivity contribution in [1.82, 2.24) is 14.3 Å². The summed E-state index contributed by atoms with van der Waals surface area (Å²) >= 11 is 0. The molecule has 1 atom stereocenters. The van der Waals surface area contributed by atoms with Crippen LogP contribution in [-0.2, 0) is 14.8 Å². The maximum absolute atomic E-state index is 13.7. The van der Waals surface area contributed by atoms with Crippen molar-refractivity contribution < 1.29 is 17.5 Å². The molecule has 2 aromatic carbocycles. The van der Waals surface area contributed by atoms with Gasteiger partial charge in [0, 0.05) is 31.0 Å². The fraction of sp³-hybridized carbons (Fsp3) is 0.200. The molecule has 4 rings (SSSR count). The van der Waals surface area contributed by atoms with E-state index < -0.39 is 16.1 Å². The summed E-state index contributed by atoms with van der Waals surface area (Å²) in [5, 5.41) is 0. The Balaban J connectivity index is 1.66. The number of morpholine rings is 1. The number of ether oxygens (including phenoxy) is 1. The van der Waals surface area contributed by atoms with Gasteiger partial charge in [-0.15, -0.1) is 0 Å². The molecule has 6 nitrogen and oxygen atoms in total. The Hall–Kier alpha value is -2.68. The Morgan fingerprint density at radius 2 is 1.82 bits per heavy atom. The smallest absolute Gasteiger partial charge is 0.243 e. The molecule has 0 N–H and O–H groups in total. The van der Waals surface area contributed by atoms with Crippen LogP contribution in [0.15, 0.2) is 71.9 Å². The molecule has 0 bridgehead atoms. The SMILES string of the molecule is O=S(=O)(c1ccccc1)N1CCOC(c2nccnc2-c2cccc(F)c2)C1. The number of nitrogens with zero attached hydrogens (tertiary/aromatic N) is 3. The van der Waals surface area contributed by atoms with Crippen LogP contribution in [0.25, 0.3) is 11.3 Å². The largest absolute Gasteiger partial charge is 0.369 e. The van der Waals surface area contributed by atoms with Gasteiger partial charge in [-0.3, -0.25) is 9.97 Å². The second-order valence-corrected chi connectivity index (χ2v) is 8.27. The van der Waals surface area contributed by atoms with Gasteiger partial charge in [0.05, 0.1) is 22.9 Å². The summed E-state index contributed by atoms with van der Waals surface area (Å²) < 4.78 is 46.8. The Bertz CT molecular complexity index is 1080. The zero-order valence-corrected chi connectivity index (χ0v) is 15.7. The second-order valence-electron chi connectivity index (χ2n) is 6.34. The molecule has 1 aliphatic rings. The van der Waals surface area contributed by atoms with E-state index in [1.807, 2.05) is 0 Å². The van der Waals surface area contributed by atoms with Crippen LogP contribution in [0.4, 0.5) is 4.39 Å². The van der Waals surface area contributed by atoms with Crippen molar-refractivity contribution in [2.45, 2.75) is 11.0 Å². The summed E-state index contributed by atoms with van der Waals surface area (Å²) in [5.74, 6) is -0.382. The van der Waals surface area contributed by atoms with Crippen LogP contribution in [0, 0.1) is 5.82 Å². The first-order chi connectivity index (χ1) is 13.6. The Morgan fingerprint density at radius 1 is 1.04 bits per heavy atom. The van der Waals surface area contributed by atoms with Gasteiger partial charge in [0.25, 0.3) is 0 Å². The van der Waals surface area contributed by atoms with Crippen LogP contribution in [0.5, 0.6) is 0 Å². The first-order valence-electron chi connectivity index (χ1n) is 8.79. The van der Waals surface area contributed by atoms with E-state index in [9.17, 15) is 12.8 Å². The molecule has 0 amide bonds. The molecule has 8 heteroatoms. The van der Waals surface area contributed by atoms with Crippen LogP contribution in [0.1, 0.15) is 11.8 Å². The molecule has 2 heterocycles. The third-order valence-electron chi connectivity index (χ3n) is 4.54. The van der Waals surface area contributed by atoms with Crippen molar-refractivity contribution in [3.8, 4) is 11.3 Å².